The van der Waals surface area contributed by atoms with E-state index in [1.807, 2.05) is 43.3 Å². The Morgan fingerprint density at radius 3 is 2.16 bits per heavy atom. The molecule has 0 spiro atoms. The molecule has 8 heteroatoms. The minimum Gasteiger partial charge on any atom is -0.503 e. The van der Waals surface area contributed by atoms with Crippen molar-refractivity contribution in [2.24, 2.45) is 5.73 Å². The van der Waals surface area contributed by atoms with Gasteiger partial charge in [-0.1, -0.05) is 49.4 Å². The van der Waals surface area contributed by atoms with Crippen molar-refractivity contribution in [3.63, 3.8) is 0 Å². The number of nitrogens with two attached hydrogens (primary N) is 1. The number of carbonyl (C=O) groups is 2. The summed E-state index contributed by atoms with van der Waals surface area (Å²) in [6.45, 7) is 7.13. The zero-order valence-corrected chi connectivity index (χ0v) is 26.5. The fourth-order valence-electron chi connectivity index (χ4n) is 2.97. The topological polar surface area (TPSA) is 106 Å². The molecule has 1 heterocycles. The van der Waals surface area contributed by atoms with Gasteiger partial charge in [-0.25, -0.2) is 6.08 Å². The summed E-state index contributed by atoms with van der Waals surface area (Å²) in [7, 11) is 4.72. The first-order valence-corrected chi connectivity index (χ1v) is 12.0. The summed E-state index contributed by atoms with van der Waals surface area (Å²) in [5, 5.41) is 7.45. The SMILES string of the molecule is C=CC=[C-]c1ccc(OC)c(OC)c1.CC[C-]=CC(=N)C(=O)N1CCCC1.CN.O=Cc1ccccc1.[K+]. The van der Waals surface area contributed by atoms with Crippen LogP contribution in [0.4, 0.5) is 0 Å². The maximum Gasteiger partial charge on any atom is 1.00 e. The van der Waals surface area contributed by atoms with Crippen molar-refractivity contribution in [2.75, 3.05) is 34.4 Å². The second-order valence-corrected chi connectivity index (χ2v) is 7.26. The predicted octanol–water partition coefficient (Wildman–Crippen LogP) is 2.07. The number of amides is 1. The van der Waals surface area contributed by atoms with Gasteiger partial charge in [0.25, 0.3) is 0 Å². The number of allylic oxidation sites excluding steroid dienone is 3. The average molecular weight is 545 g/mol. The van der Waals surface area contributed by atoms with Crippen molar-refractivity contribution in [1.29, 1.82) is 5.41 Å². The number of methoxy groups -OCH3 is 2. The number of nitrogens with zero attached hydrogens (tertiary/aromatic N) is 1. The molecule has 0 radical (unpaired) electrons. The molecule has 7 nitrogen and oxygen atoms in total. The number of hydrogen-bond donors (Lipinski definition) is 2. The van der Waals surface area contributed by atoms with Crippen molar-refractivity contribution in [3.05, 3.63) is 96.6 Å². The van der Waals surface area contributed by atoms with E-state index in [4.69, 9.17) is 14.9 Å². The van der Waals surface area contributed by atoms with E-state index in [1.54, 1.807) is 43.4 Å². The van der Waals surface area contributed by atoms with E-state index < -0.39 is 0 Å². The van der Waals surface area contributed by atoms with Gasteiger partial charge in [-0.3, -0.25) is 15.7 Å². The molecular weight excluding hydrogens is 505 g/mol. The molecule has 200 valence electrons. The molecule has 2 aromatic carbocycles. The number of likely N-dealkylation sites (tertiary alicyclic amines) is 1. The number of benzene rings is 2. The standard InChI is InChI=1S/C12H13O2.C10H15N2O.C7H6O.CH5N.K/c1-4-5-6-10-7-8-11(13-2)12(9-10)14-3;1-2-3-6-9(11)10(13)12-7-4-5-8-12;8-6-7-4-2-1-3-5-7;1-2;/h4-5,7-9H,1H2,2-3H3;6,11H,2,4-5,7-8H2,1H3;1-6H;2H2,1H3;/q2*-1;;;+1. The second kappa shape index (κ2) is 25.0. The minimum atomic E-state index is -0.154. The molecule has 0 bridgehead atoms. The number of ether oxygens (including phenoxy) is 2. The first kappa shape index (κ1) is 37.8. The summed E-state index contributed by atoms with van der Waals surface area (Å²) in [4.78, 5) is 23.2. The van der Waals surface area contributed by atoms with E-state index in [-0.39, 0.29) is 63.0 Å². The zero-order valence-electron chi connectivity index (χ0n) is 23.3. The Bertz CT molecular complexity index is 1000. The van der Waals surface area contributed by atoms with Crippen LogP contribution in [0.3, 0.4) is 0 Å². The van der Waals surface area contributed by atoms with Crippen LogP contribution in [0.5, 0.6) is 11.5 Å². The third kappa shape index (κ3) is 15.8. The number of hydrogen-bond acceptors (Lipinski definition) is 6. The molecule has 1 fully saturated rings. The molecule has 2 aromatic rings. The maximum atomic E-state index is 11.5. The smallest absolute Gasteiger partial charge is 0.503 e. The number of nitrogens with one attached hydrogen (secondary N) is 1. The second-order valence-electron chi connectivity index (χ2n) is 7.26. The van der Waals surface area contributed by atoms with Gasteiger partial charge in [-0.05, 0) is 25.6 Å². The van der Waals surface area contributed by atoms with Gasteiger partial charge in [0, 0.05) is 18.7 Å². The van der Waals surface area contributed by atoms with Crippen LogP contribution < -0.4 is 66.6 Å². The molecule has 1 amide bonds. The molecule has 0 atom stereocenters. The van der Waals surface area contributed by atoms with Gasteiger partial charge in [-0.2, -0.15) is 0 Å². The summed E-state index contributed by atoms with van der Waals surface area (Å²) in [6, 6.07) is 14.7. The van der Waals surface area contributed by atoms with Crippen LogP contribution in [0.2, 0.25) is 0 Å². The van der Waals surface area contributed by atoms with Crippen molar-refractivity contribution in [1.82, 2.24) is 4.90 Å². The van der Waals surface area contributed by atoms with Crippen LogP contribution in [-0.2, 0) is 4.79 Å². The fraction of sp³-hybridized carbons (Fsp3) is 0.300. The van der Waals surface area contributed by atoms with Gasteiger partial charge in [0.05, 0.1) is 14.2 Å². The molecule has 1 saturated heterocycles. The normalized spacial score (nSPS) is 11.4. The number of carbonyl (C=O) groups excluding carboxylic acids is 2. The Hall–Kier alpha value is -2.33. The third-order valence-electron chi connectivity index (χ3n) is 4.76. The van der Waals surface area contributed by atoms with Crippen molar-refractivity contribution in [2.45, 2.75) is 26.2 Å². The summed E-state index contributed by atoms with van der Waals surface area (Å²) in [6.07, 6.45) is 14.5. The van der Waals surface area contributed by atoms with Crippen LogP contribution in [-0.4, -0.2) is 57.2 Å². The first-order valence-electron chi connectivity index (χ1n) is 12.0. The van der Waals surface area contributed by atoms with Gasteiger partial charge >= 0.3 is 51.4 Å². The monoisotopic (exact) mass is 544 g/mol. The Morgan fingerprint density at radius 2 is 1.68 bits per heavy atom. The molecule has 0 unspecified atom stereocenters. The molecular formula is C30H39KN3O4-. The summed E-state index contributed by atoms with van der Waals surface area (Å²) >= 11 is 0. The predicted molar refractivity (Wildman–Crippen MR) is 150 cm³/mol. The maximum absolute atomic E-state index is 11.5. The minimum absolute atomic E-state index is 0. The van der Waals surface area contributed by atoms with E-state index in [9.17, 15) is 9.59 Å². The van der Waals surface area contributed by atoms with Crippen molar-refractivity contribution < 1.29 is 70.4 Å². The van der Waals surface area contributed by atoms with E-state index in [0.29, 0.717) is 5.75 Å². The molecule has 1 aliphatic heterocycles. The van der Waals surface area contributed by atoms with Crippen molar-refractivity contribution >= 4 is 17.9 Å². The van der Waals surface area contributed by atoms with Gasteiger partial charge < -0.3 is 25.5 Å². The average Bonchev–Trinajstić information content (AvgIpc) is 3.51. The Balaban J connectivity index is 0. The molecule has 3 rings (SSSR count). The molecule has 0 saturated carbocycles. The Morgan fingerprint density at radius 1 is 1.08 bits per heavy atom. The summed E-state index contributed by atoms with van der Waals surface area (Å²) < 4.78 is 10.3. The van der Waals surface area contributed by atoms with Gasteiger partial charge in [0.2, 0.25) is 0 Å². The first-order chi connectivity index (χ1) is 18.0. The molecule has 0 aliphatic carbocycles. The fourth-order valence-corrected chi connectivity index (χ4v) is 2.97. The van der Waals surface area contributed by atoms with Gasteiger partial charge in [0.15, 0.2) is 5.91 Å². The Labute approximate surface area is 270 Å². The molecule has 1 aliphatic rings. The number of rotatable bonds is 8. The Kier molecular flexibility index (Phi) is 24.9. The van der Waals surface area contributed by atoms with Crippen LogP contribution >= 0.6 is 0 Å². The van der Waals surface area contributed by atoms with E-state index in [1.165, 1.54) is 13.1 Å². The number of aldehydes is 1. The van der Waals surface area contributed by atoms with Crippen LogP contribution in [0, 0.1) is 17.6 Å². The summed E-state index contributed by atoms with van der Waals surface area (Å²) in [5.74, 6) is 1.27. The van der Waals surface area contributed by atoms with Gasteiger partial charge in [0.1, 0.15) is 17.8 Å². The molecule has 3 N–H and O–H groups in total. The largest absolute Gasteiger partial charge is 1.00 e. The van der Waals surface area contributed by atoms with E-state index in [2.05, 4.69) is 24.5 Å². The van der Waals surface area contributed by atoms with E-state index >= 15 is 0 Å². The van der Waals surface area contributed by atoms with Gasteiger partial charge in [-0.15, -0.1) is 42.9 Å². The van der Waals surface area contributed by atoms with E-state index in [0.717, 1.165) is 55.5 Å². The van der Waals surface area contributed by atoms with Crippen LogP contribution in [0.1, 0.15) is 42.1 Å². The van der Waals surface area contributed by atoms with Crippen LogP contribution in [0.15, 0.2) is 73.3 Å². The molecule has 38 heavy (non-hydrogen) atoms. The quantitative estimate of drug-likeness (QED) is 0.174. The van der Waals surface area contributed by atoms with Crippen molar-refractivity contribution in [3.8, 4) is 11.5 Å². The third-order valence-corrected chi connectivity index (χ3v) is 4.76. The summed E-state index contributed by atoms with van der Waals surface area (Å²) in [5.41, 5.74) is 6.22. The van der Waals surface area contributed by atoms with Crippen LogP contribution in [0.25, 0.3) is 0 Å². The molecule has 0 aromatic heterocycles. The zero-order chi connectivity index (χ0) is 27.9.